The Hall–Kier alpha value is -1.00. The van der Waals surface area contributed by atoms with Crippen LogP contribution in [0, 0.1) is 0 Å². The van der Waals surface area contributed by atoms with Crippen LogP contribution in [0.3, 0.4) is 0 Å². The molecule has 242 valence electrons. The van der Waals surface area contributed by atoms with Crippen LogP contribution in [0.5, 0.6) is 0 Å². The van der Waals surface area contributed by atoms with Crippen molar-refractivity contribution in [2.45, 2.75) is 96.4 Å². The minimum Gasteiger partial charge on any atom is -0.385 e. The SMILES string of the molecule is COCCCCOCCCCOCCCCOCCCCOCCCCOCCCCOCCCCn1cccc1. The van der Waals surface area contributed by atoms with Crippen molar-refractivity contribution in [2.75, 3.05) is 93.0 Å². The molecule has 0 fully saturated rings. The van der Waals surface area contributed by atoms with Crippen molar-refractivity contribution < 1.29 is 33.2 Å². The number of methoxy groups -OCH3 is 1. The first-order valence-corrected chi connectivity index (χ1v) is 16.5. The molecule has 8 nitrogen and oxygen atoms in total. The summed E-state index contributed by atoms with van der Waals surface area (Å²) >= 11 is 0. The van der Waals surface area contributed by atoms with E-state index in [1.807, 2.05) is 0 Å². The maximum atomic E-state index is 5.73. The quantitative estimate of drug-likeness (QED) is 0.0822. The molecule has 0 aliphatic rings. The molecule has 0 bridgehead atoms. The van der Waals surface area contributed by atoms with E-state index in [1.165, 1.54) is 6.42 Å². The maximum absolute atomic E-state index is 5.73. The van der Waals surface area contributed by atoms with Gasteiger partial charge in [0.25, 0.3) is 0 Å². The number of aromatic nitrogens is 1. The highest BCUT2D eigenvalue weighted by molar-refractivity contribution is 4.89. The van der Waals surface area contributed by atoms with E-state index in [0.717, 1.165) is 176 Å². The Morgan fingerprint density at radius 1 is 0.341 bits per heavy atom. The van der Waals surface area contributed by atoms with Crippen molar-refractivity contribution in [2.24, 2.45) is 0 Å². The smallest absolute Gasteiger partial charge is 0.0466 e. The lowest BCUT2D eigenvalue weighted by Crippen LogP contribution is -2.04. The van der Waals surface area contributed by atoms with Crippen molar-refractivity contribution >= 4 is 0 Å². The second-order valence-electron chi connectivity index (χ2n) is 10.5. The lowest BCUT2D eigenvalue weighted by molar-refractivity contribution is 0.0794. The molecule has 1 rings (SSSR count). The Balaban J connectivity index is 1.60. The van der Waals surface area contributed by atoms with Crippen LogP contribution in [0.25, 0.3) is 0 Å². The van der Waals surface area contributed by atoms with E-state index in [1.54, 1.807) is 7.11 Å². The summed E-state index contributed by atoms with van der Waals surface area (Å²) in [5.74, 6) is 0. The highest BCUT2D eigenvalue weighted by Gasteiger charge is 1.97. The minimum atomic E-state index is 0.822. The van der Waals surface area contributed by atoms with Crippen LogP contribution in [0.15, 0.2) is 24.5 Å². The molecule has 0 aromatic carbocycles. The van der Waals surface area contributed by atoms with Crippen molar-refractivity contribution in [3.05, 3.63) is 24.5 Å². The number of nitrogens with zero attached hydrogens (tertiary/aromatic N) is 1. The van der Waals surface area contributed by atoms with Crippen LogP contribution in [-0.2, 0) is 39.7 Å². The van der Waals surface area contributed by atoms with E-state index in [9.17, 15) is 0 Å². The summed E-state index contributed by atoms with van der Waals surface area (Å²) in [5.41, 5.74) is 0. The van der Waals surface area contributed by atoms with Crippen LogP contribution in [-0.4, -0.2) is 97.6 Å². The lowest BCUT2D eigenvalue weighted by Gasteiger charge is -2.07. The standard InChI is InChI=1S/C33H63NO7/c1-35-21-6-7-23-37-25-10-11-27-39-29-14-15-31-41-33-17-16-32-40-30-13-12-28-38-26-9-8-24-36-22-5-4-20-34-18-2-3-19-34/h2-3,18-19H,4-17,20-33H2,1H3. The second-order valence-corrected chi connectivity index (χ2v) is 10.5. The van der Waals surface area contributed by atoms with E-state index >= 15 is 0 Å². The molecular weight excluding hydrogens is 522 g/mol. The van der Waals surface area contributed by atoms with Gasteiger partial charge in [-0.2, -0.15) is 0 Å². The fraction of sp³-hybridized carbons (Fsp3) is 0.879. The Bertz CT molecular complexity index is 588. The van der Waals surface area contributed by atoms with Gasteiger partial charge in [0.15, 0.2) is 0 Å². The predicted molar refractivity (Wildman–Crippen MR) is 166 cm³/mol. The fourth-order valence-electron chi connectivity index (χ4n) is 4.12. The molecule has 1 aromatic rings. The molecule has 0 aliphatic carbocycles. The zero-order valence-corrected chi connectivity index (χ0v) is 26.4. The molecule has 0 aliphatic heterocycles. The first-order valence-electron chi connectivity index (χ1n) is 16.5. The average Bonchev–Trinajstić information content (AvgIpc) is 3.51. The Labute approximate surface area is 251 Å². The number of aryl methyl sites for hydroxylation is 1. The van der Waals surface area contributed by atoms with Gasteiger partial charge in [0.1, 0.15) is 0 Å². The first-order chi connectivity index (χ1) is 20.4. The van der Waals surface area contributed by atoms with Gasteiger partial charge in [-0.25, -0.2) is 0 Å². The van der Waals surface area contributed by atoms with E-state index in [4.69, 9.17) is 33.2 Å². The van der Waals surface area contributed by atoms with Gasteiger partial charge < -0.3 is 37.7 Å². The summed E-state index contributed by atoms with van der Waals surface area (Å²) in [6.07, 6.45) is 19.3. The minimum absolute atomic E-state index is 0.822. The molecule has 41 heavy (non-hydrogen) atoms. The summed E-state index contributed by atoms with van der Waals surface area (Å²) in [4.78, 5) is 0. The van der Waals surface area contributed by atoms with Crippen molar-refractivity contribution in [1.29, 1.82) is 0 Å². The average molecular weight is 586 g/mol. The van der Waals surface area contributed by atoms with Gasteiger partial charge in [-0.15, -0.1) is 0 Å². The zero-order chi connectivity index (χ0) is 29.2. The molecule has 0 amide bonds. The summed E-state index contributed by atoms with van der Waals surface area (Å²) < 4.78 is 41.4. The zero-order valence-electron chi connectivity index (χ0n) is 26.4. The molecule has 0 spiro atoms. The molecule has 0 radical (unpaired) electrons. The maximum Gasteiger partial charge on any atom is 0.0466 e. The predicted octanol–water partition coefficient (Wildman–Crippen LogP) is 6.70. The molecular formula is C33H63NO7. The number of hydrogen-bond donors (Lipinski definition) is 0. The topological polar surface area (TPSA) is 69.5 Å². The number of ether oxygens (including phenoxy) is 7. The van der Waals surface area contributed by atoms with Gasteiger partial charge in [0.05, 0.1) is 0 Å². The summed E-state index contributed by atoms with van der Waals surface area (Å²) in [6.45, 7) is 11.9. The van der Waals surface area contributed by atoms with Gasteiger partial charge >= 0.3 is 0 Å². The van der Waals surface area contributed by atoms with E-state index in [-0.39, 0.29) is 0 Å². The number of unbranched alkanes of at least 4 members (excludes halogenated alkanes) is 7. The van der Waals surface area contributed by atoms with Crippen LogP contribution in [0.1, 0.15) is 89.9 Å². The first kappa shape index (κ1) is 38.0. The van der Waals surface area contributed by atoms with Crippen LogP contribution in [0.4, 0.5) is 0 Å². The molecule has 0 saturated carbocycles. The van der Waals surface area contributed by atoms with Gasteiger partial charge in [0.2, 0.25) is 0 Å². The summed E-state index contributed by atoms with van der Waals surface area (Å²) in [6, 6.07) is 4.14. The summed E-state index contributed by atoms with van der Waals surface area (Å²) in [5, 5.41) is 0. The highest BCUT2D eigenvalue weighted by Crippen LogP contribution is 2.01. The Morgan fingerprint density at radius 2 is 0.585 bits per heavy atom. The monoisotopic (exact) mass is 585 g/mol. The lowest BCUT2D eigenvalue weighted by atomic mass is 10.3. The fourth-order valence-corrected chi connectivity index (χ4v) is 4.12. The van der Waals surface area contributed by atoms with Crippen molar-refractivity contribution in [1.82, 2.24) is 4.57 Å². The Kier molecular flexibility index (Phi) is 31.1. The van der Waals surface area contributed by atoms with Gasteiger partial charge in [0, 0.05) is 112 Å². The van der Waals surface area contributed by atoms with Gasteiger partial charge in [-0.3, -0.25) is 0 Å². The van der Waals surface area contributed by atoms with Crippen molar-refractivity contribution in [3.63, 3.8) is 0 Å². The normalized spacial score (nSPS) is 11.5. The third-order valence-electron chi connectivity index (χ3n) is 6.65. The van der Waals surface area contributed by atoms with Gasteiger partial charge in [-0.1, -0.05) is 0 Å². The van der Waals surface area contributed by atoms with E-state index < -0.39 is 0 Å². The van der Waals surface area contributed by atoms with Gasteiger partial charge in [-0.05, 0) is 102 Å². The third-order valence-corrected chi connectivity index (χ3v) is 6.65. The van der Waals surface area contributed by atoms with Crippen molar-refractivity contribution in [3.8, 4) is 0 Å². The number of hydrogen-bond acceptors (Lipinski definition) is 7. The molecule has 8 heteroatoms. The van der Waals surface area contributed by atoms with E-state index in [2.05, 4.69) is 29.1 Å². The largest absolute Gasteiger partial charge is 0.385 e. The van der Waals surface area contributed by atoms with Crippen LogP contribution < -0.4 is 0 Å². The molecule has 0 N–H and O–H groups in total. The third kappa shape index (κ3) is 30.3. The second kappa shape index (κ2) is 33.5. The molecule has 0 saturated heterocycles. The van der Waals surface area contributed by atoms with Crippen LogP contribution in [0.2, 0.25) is 0 Å². The highest BCUT2D eigenvalue weighted by atomic mass is 16.5. The van der Waals surface area contributed by atoms with E-state index in [0.29, 0.717) is 0 Å². The van der Waals surface area contributed by atoms with Crippen LogP contribution >= 0.6 is 0 Å². The number of rotatable bonds is 35. The Morgan fingerprint density at radius 3 is 0.854 bits per heavy atom. The molecule has 0 unspecified atom stereocenters. The molecule has 1 aromatic heterocycles. The molecule has 1 heterocycles. The summed E-state index contributed by atoms with van der Waals surface area (Å²) in [7, 11) is 1.74. The molecule has 0 atom stereocenters.